The Morgan fingerprint density at radius 1 is 1.41 bits per heavy atom. The number of nitrogens with two attached hydrogens (primary N) is 1. The molecule has 1 rings (SSSR count). The second kappa shape index (κ2) is 5.34. The van der Waals surface area contributed by atoms with Crippen molar-refractivity contribution in [2.75, 3.05) is 0 Å². The predicted octanol–water partition coefficient (Wildman–Crippen LogP) is 3.28. The molecule has 2 atom stereocenters. The first-order valence-electron chi connectivity index (χ1n) is 5.60. The molecular formula is C13H19ClFNO. The highest BCUT2D eigenvalue weighted by Crippen LogP contribution is 2.28. The Balaban J connectivity index is 2.80. The molecule has 17 heavy (non-hydrogen) atoms. The Morgan fingerprint density at radius 2 is 2.00 bits per heavy atom. The second-order valence-corrected chi connectivity index (χ2v) is 5.83. The molecule has 0 radical (unpaired) electrons. The van der Waals surface area contributed by atoms with E-state index < -0.39 is 11.9 Å². The van der Waals surface area contributed by atoms with E-state index in [0.29, 0.717) is 11.4 Å². The fourth-order valence-electron chi connectivity index (χ4n) is 1.49. The van der Waals surface area contributed by atoms with E-state index in [0.717, 1.165) is 0 Å². The van der Waals surface area contributed by atoms with Crippen LogP contribution in [0.3, 0.4) is 0 Å². The first-order chi connectivity index (χ1) is 7.71. The summed E-state index contributed by atoms with van der Waals surface area (Å²) in [5.41, 5.74) is 6.08. The average molecular weight is 260 g/mol. The van der Waals surface area contributed by atoms with Crippen molar-refractivity contribution >= 4 is 11.6 Å². The monoisotopic (exact) mass is 259 g/mol. The zero-order valence-electron chi connectivity index (χ0n) is 10.4. The molecule has 1 aromatic rings. The first-order valence-corrected chi connectivity index (χ1v) is 5.98. The lowest BCUT2D eigenvalue weighted by atomic mass is 9.83. The fourth-order valence-corrected chi connectivity index (χ4v) is 1.65. The van der Waals surface area contributed by atoms with Gasteiger partial charge in [-0.25, -0.2) is 4.39 Å². The molecule has 0 spiro atoms. The molecule has 1 aromatic carbocycles. The minimum absolute atomic E-state index is 0.121. The fraction of sp³-hybridized carbons (Fsp3) is 0.538. The smallest absolute Gasteiger partial charge is 0.130 e. The van der Waals surface area contributed by atoms with Crippen LogP contribution in [-0.2, 0) is 0 Å². The van der Waals surface area contributed by atoms with Crippen LogP contribution in [0.5, 0.6) is 0 Å². The zero-order valence-corrected chi connectivity index (χ0v) is 11.1. The van der Waals surface area contributed by atoms with E-state index in [4.69, 9.17) is 17.3 Å². The van der Waals surface area contributed by atoms with Gasteiger partial charge in [0.1, 0.15) is 5.82 Å². The summed E-state index contributed by atoms with van der Waals surface area (Å²) in [6.45, 7) is 5.97. The number of benzene rings is 1. The van der Waals surface area contributed by atoms with Crippen molar-refractivity contribution < 1.29 is 9.50 Å². The Bertz CT molecular complexity index is 389. The van der Waals surface area contributed by atoms with Gasteiger partial charge in [-0.1, -0.05) is 38.4 Å². The maximum absolute atomic E-state index is 13.6. The third-order valence-corrected chi connectivity index (χ3v) is 3.15. The summed E-state index contributed by atoms with van der Waals surface area (Å²) in [5, 5.41) is 10.3. The molecule has 0 aromatic heterocycles. The standard InChI is InChI=1S/C13H19ClFNO/c1-13(2,3)12(16)7-11(17)9-5-4-8(14)6-10(9)15/h4-6,11-12,17H,7,16H2,1-3H3/t11-,12-/m0/s1. The normalized spacial score (nSPS) is 15.7. The van der Waals surface area contributed by atoms with Gasteiger partial charge in [0.15, 0.2) is 0 Å². The van der Waals surface area contributed by atoms with E-state index in [9.17, 15) is 9.50 Å². The van der Waals surface area contributed by atoms with E-state index in [1.807, 2.05) is 20.8 Å². The third kappa shape index (κ3) is 3.95. The van der Waals surface area contributed by atoms with Gasteiger partial charge in [0, 0.05) is 16.6 Å². The number of aliphatic hydroxyl groups is 1. The van der Waals surface area contributed by atoms with Crippen LogP contribution in [0.4, 0.5) is 4.39 Å². The summed E-state index contributed by atoms with van der Waals surface area (Å²) in [7, 11) is 0. The van der Waals surface area contributed by atoms with E-state index in [1.54, 1.807) is 6.07 Å². The molecule has 3 N–H and O–H groups in total. The summed E-state index contributed by atoms with van der Waals surface area (Å²) in [5.74, 6) is -0.494. The van der Waals surface area contributed by atoms with Crippen LogP contribution in [0, 0.1) is 11.2 Å². The van der Waals surface area contributed by atoms with Crippen LogP contribution in [0.2, 0.25) is 5.02 Å². The Hall–Kier alpha value is -0.640. The highest BCUT2D eigenvalue weighted by atomic mass is 35.5. The summed E-state index contributed by atoms with van der Waals surface area (Å²) in [6, 6.07) is 4.05. The molecule has 0 aliphatic heterocycles. The quantitative estimate of drug-likeness (QED) is 0.875. The summed E-state index contributed by atoms with van der Waals surface area (Å²) >= 11 is 5.65. The molecule has 0 heterocycles. The topological polar surface area (TPSA) is 46.2 Å². The number of halogens is 2. The second-order valence-electron chi connectivity index (χ2n) is 5.39. The van der Waals surface area contributed by atoms with Crippen molar-refractivity contribution in [3.63, 3.8) is 0 Å². The predicted molar refractivity (Wildman–Crippen MR) is 68.4 cm³/mol. The lowest BCUT2D eigenvalue weighted by molar-refractivity contribution is 0.130. The Morgan fingerprint density at radius 3 is 2.47 bits per heavy atom. The van der Waals surface area contributed by atoms with E-state index in [2.05, 4.69) is 0 Å². The maximum Gasteiger partial charge on any atom is 0.130 e. The number of aliphatic hydroxyl groups excluding tert-OH is 1. The molecule has 0 aliphatic rings. The average Bonchev–Trinajstić information content (AvgIpc) is 2.15. The molecule has 0 saturated carbocycles. The molecular weight excluding hydrogens is 241 g/mol. The largest absolute Gasteiger partial charge is 0.388 e. The maximum atomic E-state index is 13.6. The minimum atomic E-state index is -0.901. The molecule has 0 amide bonds. The van der Waals surface area contributed by atoms with Gasteiger partial charge in [-0.2, -0.15) is 0 Å². The van der Waals surface area contributed by atoms with Gasteiger partial charge in [0.2, 0.25) is 0 Å². The minimum Gasteiger partial charge on any atom is -0.388 e. The molecule has 4 heteroatoms. The lowest BCUT2D eigenvalue weighted by Gasteiger charge is -2.29. The molecule has 0 bridgehead atoms. The summed E-state index contributed by atoms with van der Waals surface area (Å²) in [6.07, 6.45) is -0.580. The molecule has 0 saturated heterocycles. The van der Waals surface area contributed by atoms with Crippen LogP contribution in [0.25, 0.3) is 0 Å². The Labute approximate surface area is 107 Å². The highest BCUT2D eigenvalue weighted by Gasteiger charge is 2.25. The van der Waals surface area contributed by atoms with E-state index in [-0.39, 0.29) is 17.0 Å². The van der Waals surface area contributed by atoms with Crippen molar-refractivity contribution in [1.29, 1.82) is 0 Å². The van der Waals surface area contributed by atoms with Gasteiger partial charge >= 0.3 is 0 Å². The molecule has 0 fully saturated rings. The van der Waals surface area contributed by atoms with Crippen LogP contribution in [-0.4, -0.2) is 11.1 Å². The van der Waals surface area contributed by atoms with Gasteiger partial charge in [-0.3, -0.25) is 0 Å². The summed E-state index contributed by atoms with van der Waals surface area (Å²) < 4.78 is 13.6. The number of hydrogen-bond donors (Lipinski definition) is 2. The van der Waals surface area contributed by atoms with Gasteiger partial charge in [0.25, 0.3) is 0 Å². The van der Waals surface area contributed by atoms with Gasteiger partial charge in [0.05, 0.1) is 6.10 Å². The van der Waals surface area contributed by atoms with Crippen LogP contribution < -0.4 is 5.73 Å². The zero-order chi connectivity index (χ0) is 13.2. The van der Waals surface area contributed by atoms with Crippen LogP contribution in [0.15, 0.2) is 18.2 Å². The van der Waals surface area contributed by atoms with E-state index >= 15 is 0 Å². The Kier molecular flexibility index (Phi) is 4.53. The van der Waals surface area contributed by atoms with Gasteiger partial charge in [-0.05, 0) is 24.0 Å². The van der Waals surface area contributed by atoms with Crippen LogP contribution >= 0.6 is 11.6 Å². The van der Waals surface area contributed by atoms with Gasteiger partial charge < -0.3 is 10.8 Å². The summed E-state index contributed by atoms with van der Waals surface area (Å²) in [4.78, 5) is 0. The van der Waals surface area contributed by atoms with Crippen molar-refractivity contribution in [2.24, 2.45) is 11.1 Å². The van der Waals surface area contributed by atoms with Crippen molar-refractivity contribution in [2.45, 2.75) is 39.3 Å². The molecule has 0 aliphatic carbocycles. The van der Waals surface area contributed by atoms with Crippen molar-refractivity contribution in [1.82, 2.24) is 0 Å². The third-order valence-electron chi connectivity index (χ3n) is 2.91. The lowest BCUT2D eigenvalue weighted by Crippen LogP contribution is -2.36. The van der Waals surface area contributed by atoms with E-state index in [1.165, 1.54) is 12.1 Å². The highest BCUT2D eigenvalue weighted by molar-refractivity contribution is 6.30. The number of hydrogen-bond acceptors (Lipinski definition) is 2. The number of rotatable bonds is 3. The molecule has 0 unspecified atom stereocenters. The first kappa shape index (κ1) is 14.4. The molecule has 96 valence electrons. The molecule has 2 nitrogen and oxygen atoms in total. The van der Waals surface area contributed by atoms with Gasteiger partial charge in [-0.15, -0.1) is 0 Å². The van der Waals surface area contributed by atoms with Crippen molar-refractivity contribution in [3.05, 3.63) is 34.6 Å². The van der Waals surface area contributed by atoms with Crippen molar-refractivity contribution in [3.8, 4) is 0 Å². The SMILES string of the molecule is CC(C)(C)[C@@H](N)C[C@H](O)c1ccc(Cl)cc1F. The van der Waals surface area contributed by atoms with Crippen LogP contribution in [0.1, 0.15) is 38.9 Å².